The van der Waals surface area contributed by atoms with Crippen LogP contribution in [0.5, 0.6) is 0 Å². The average molecular weight is 334 g/mol. The summed E-state index contributed by atoms with van der Waals surface area (Å²) in [6.07, 6.45) is 7.44. The maximum Gasteiger partial charge on any atom is 0.331 e. The molecule has 0 aliphatic carbocycles. The third kappa shape index (κ3) is 2.29. The largest absolute Gasteiger partial charge is 0.346 e. The fourth-order valence-corrected chi connectivity index (χ4v) is 3.63. The lowest BCUT2D eigenvalue weighted by molar-refractivity contribution is 1.16. The lowest BCUT2D eigenvalue weighted by atomic mass is 9.46. The Bertz CT molecular complexity index is 967. The Kier molecular flexibility index (Phi) is 3.49. The minimum Gasteiger partial charge on any atom is -0.346 e. The van der Waals surface area contributed by atoms with Crippen molar-refractivity contribution >= 4 is 29.4 Å². The van der Waals surface area contributed by atoms with E-state index in [0.717, 1.165) is 22.8 Å². The summed E-state index contributed by atoms with van der Waals surface area (Å²) in [6.45, 7) is -0.00787. The summed E-state index contributed by atoms with van der Waals surface area (Å²) in [4.78, 5) is 15.9. The number of benzene rings is 1. The average Bonchev–Trinajstić information content (AvgIpc) is 2.74. The molecule has 0 atom stereocenters. The van der Waals surface area contributed by atoms with Crippen LogP contribution in [0.1, 0.15) is 0 Å². The lowest BCUT2D eigenvalue weighted by Crippen LogP contribution is -2.57. The predicted molar refractivity (Wildman–Crippen MR) is 105 cm³/mol. The van der Waals surface area contributed by atoms with Gasteiger partial charge in [-0.3, -0.25) is 4.98 Å². The van der Waals surface area contributed by atoms with Gasteiger partial charge in [-0.25, -0.2) is 9.97 Å². The molecular formula is C21H15BN4. The fourth-order valence-electron chi connectivity index (χ4n) is 3.63. The summed E-state index contributed by atoms with van der Waals surface area (Å²) in [7, 11) is 0. The quantitative estimate of drug-likeness (QED) is 0.529. The van der Waals surface area contributed by atoms with E-state index in [0.29, 0.717) is 0 Å². The molecule has 0 fully saturated rings. The van der Waals surface area contributed by atoms with Crippen molar-refractivity contribution in [3.8, 4) is 11.1 Å². The van der Waals surface area contributed by atoms with Crippen molar-refractivity contribution < 1.29 is 0 Å². The molecule has 0 spiro atoms. The molecule has 1 aliphatic heterocycles. The SMILES string of the molecule is c1ccc(B2c3ccncc3-c3cccnc3N2c2ccccn2)cc1. The zero-order chi connectivity index (χ0) is 17.3. The van der Waals surface area contributed by atoms with Gasteiger partial charge in [0.1, 0.15) is 11.6 Å². The fraction of sp³-hybridized carbons (Fsp3) is 0. The normalized spacial score (nSPS) is 12.5. The van der Waals surface area contributed by atoms with Crippen molar-refractivity contribution in [2.24, 2.45) is 0 Å². The highest BCUT2D eigenvalue weighted by Gasteiger charge is 2.38. The van der Waals surface area contributed by atoms with Crippen molar-refractivity contribution in [2.75, 3.05) is 4.81 Å². The van der Waals surface area contributed by atoms with Gasteiger partial charge in [0.2, 0.25) is 0 Å². The molecule has 0 saturated carbocycles. The standard InChI is InChI=1S/C21H15BN4/c1-2-7-16(8-3-1)22-19-11-14-23-15-18(19)17-9-6-13-25-21(17)26(22)20-10-4-5-12-24-20/h1-15H. The van der Waals surface area contributed by atoms with Gasteiger partial charge in [-0.1, -0.05) is 41.9 Å². The number of hydrogen-bond acceptors (Lipinski definition) is 4. The first-order chi connectivity index (χ1) is 12.9. The minimum atomic E-state index is -0.00787. The highest BCUT2D eigenvalue weighted by Crippen LogP contribution is 2.36. The van der Waals surface area contributed by atoms with Crippen LogP contribution in [0.2, 0.25) is 0 Å². The molecule has 0 bridgehead atoms. The maximum absolute atomic E-state index is 4.71. The van der Waals surface area contributed by atoms with Crippen molar-refractivity contribution in [3.05, 3.63) is 91.5 Å². The van der Waals surface area contributed by atoms with Crippen LogP contribution in [0.15, 0.2) is 91.5 Å². The molecule has 1 aromatic carbocycles. The maximum atomic E-state index is 4.71. The Morgan fingerprint density at radius 2 is 1.54 bits per heavy atom. The topological polar surface area (TPSA) is 41.9 Å². The van der Waals surface area contributed by atoms with Crippen LogP contribution in [0.25, 0.3) is 11.1 Å². The molecule has 4 aromatic rings. The summed E-state index contributed by atoms with van der Waals surface area (Å²) >= 11 is 0. The van der Waals surface area contributed by atoms with E-state index in [1.54, 1.807) is 0 Å². The van der Waals surface area contributed by atoms with Gasteiger partial charge >= 0.3 is 6.85 Å². The van der Waals surface area contributed by atoms with Crippen LogP contribution in [-0.2, 0) is 0 Å². The zero-order valence-electron chi connectivity index (χ0n) is 14.0. The monoisotopic (exact) mass is 334 g/mol. The summed E-state index contributed by atoms with van der Waals surface area (Å²) in [6, 6.07) is 22.6. The van der Waals surface area contributed by atoms with Gasteiger partial charge in [0, 0.05) is 35.9 Å². The van der Waals surface area contributed by atoms with E-state index in [-0.39, 0.29) is 6.85 Å². The van der Waals surface area contributed by atoms with Crippen molar-refractivity contribution in [3.63, 3.8) is 0 Å². The highest BCUT2D eigenvalue weighted by molar-refractivity contribution is 6.90. The third-order valence-electron chi connectivity index (χ3n) is 4.72. The van der Waals surface area contributed by atoms with Gasteiger partial charge in [-0.2, -0.15) is 0 Å². The Balaban J connectivity index is 1.83. The van der Waals surface area contributed by atoms with Crippen molar-refractivity contribution in [1.82, 2.24) is 15.0 Å². The van der Waals surface area contributed by atoms with Gasteiger partial charge in [0.15, 0.2) is 0 Å². The second-order valence-corrected chi connectivity index (χ2v) is 6.21. The number of aromatic nitrogens is 3. The predicted octanol–water partition coefficient (Wildman–Crippen LogP) is 2.80. The summed E-state index contributed by atoms with van der Waals surface area (Å²) < 4.78 is 0. The molecule has 3 aromatic heterocycles. The van der Waals surface area contributed by atoms with E-state index in [4.69, 9.17) is 4.98 Å². The number of pyridine rings is 3. The number of anilines is 2. The molecular weight excluding hydrogens is 319 g/mol. The minimum absolute atomic E-state index is 0.00787. The summed E-state index contributed by atoms with van der Waals surface area (Å²) in [5, 5.41) is 0. The second-order valence-electron chi connectivity index (χ2n) is 6.21. The molecule has 0 N–H and O–H groups in total. The molecule has 4 heterocycles. The molecule has 0 unspecified atom stereocenters. The van der Waals surface area contributed by atoms with Gasteiger partial charge in [0.05, 0.1) is 0 Å². The second kappa shape index (κ2) is 6.12. The van der Waals surface area contributed by atoms with Crippen molar-refractivity contribution in [2.45, 2.75) is 0 Å². The first-order valence-corrected chi connectivity index (χ1v) is 8.58. The first-order valence-electron chi connectivity index (χ1n) is 8.58. The van der Waals surface area contributed by atoms with Crippen LogP contribution in [0.4, 0.5) is 11.6 Å². The number of hydrogen-bond donors (Lipinski definition) is 0. The molecule has 1 aliphatic rings. The highest BCUT2D eigenvalue weighted by atomic mass is 15.2. The molecule has 26 heavy (non-hydrogen) atoms. The molecule has 4 nitrogen and oxygen atoms in total. The van der Waals surface area contributed by atoms with Crippen LogP contribution in [0, 0.1) is 0 Å². The van der Waals surface area contributed by atoms with Crippen LogP contribution < -0.4 is 15.7 Å². The summed E-state index contributed by atoms with van der Waals surface area (Å²) in [5.74, 6) is 1.78. The molecule has 0 saturated heterocycles. The molecule has 0 radical (unpaired) electrons. The van der Waals surface area contributed by atoms with Crippen LogP contribution in [0.3, 0.4) is 0 Å². The molecule has 5 heteroatoms. The van der Waals surface area contributed by atoms with Gasteiger partial charge < -0.3 is 4.81 Å². The van der Waals surface area contributed by atoms with Gasteiger partial charge in [0.25, 0.3) is 0 Å². The molecule has 5 rings (SSSR count). The van der Waals surface area contributed by atoms with E-state index in [1.165, 1.54) is 10.9 Å². The van der Waals surface area contributed by atoms with Gasteiger partial charge in [-0.15, -0.1) is 0 Å². The van der Waals surface area contributed by atoms with E-state index in [1.807, 2.05) is 55.1 Å². The smallest absolute Gasteiger partial charge is 0.331 e. The van der Waals surface area contributed by atoms with Crippen LogP contribution in [-0.4, -0.2) is 21.8 Å². The Hall–Kier alpha value is -3.47. The number of rotatable bonds is 2. The van der Waals surface area contributed by atoms with E-state index < -0.39 is 0 Å². The number of fused-ring (bicyclic) bond motifs is 3. The Labute approximate surface area is 152 Å². The lowest BCUT2D eigenvalue weighted by Gasteiger charge is -2.36. The van der Waals surface area contributed by atoms with E-state index in [2.05, 4.69) is 51.2 Å². The Morgan fingerprint density at radius 3 is 2.38 bits per heavy atom. The van der Waals surface area contributed by atoms with Crippen LogP contribution >= 0.6 is 0 Å². The molecule has 0 amide bonds. The van der Waals surface area contributed by atoms with Crippen molar-refractivity contribution in [1.29, 1.82) is 0 Å². The van der Waals surface area contributed by atoms with E-state index >= 15 is 0 Å². The Morgan fingerprint density at radius 1 is 0.692 bits per heavy atom. The first kappa shape index (κ1) is 14.8. The van der Waals surface area contributed by atoms with E-state index in [9.17, 15) is 0 Å². The third-order valence-corrected chi connectivity index (χ3v) is 4.72. The summed E-state index contributed by atoms with van der Waals surface area (Å²) in [5.41, 5.74) is 4.60. The zero-order valence-corrected chi connectivity index (χ0v) is 14.0. The number of nitrogens with zero attached hydrogens (tertiary/aromatic N) is 4. The van der Waals surface area contributed by atoms with Gasteiger partial charge in [-0.05, 0) is 35.8 Å². The molecule has 122 valence electrons.